The molecular weight excluding hydrogens is 1230 g/mol. The van der Waals surface area contributed by atoms with Crippen LogP contribution in [0.4, 0.5) is 0 Å². The number of aliphatic hydroxyl groups excluding tert-OH is 1. The lowest BCUT2D eigenvalue weighted by atomic mass is 10.0. The number of hydrogen-bond acceptors (Lipinski definition) is 15. The van der Waals surface area contributed by atoms with Crippen molar-refractivity contribution in [1.82, 2.24) is 0 Å². The summed E-state index contributed by atoms with van der Waals surface area (Å²) in [5.41, 5.74) is 0. The van der Waals surface area contributed by atoms with Crippen molar-refractivity contribution in [3.05, 3.63) is 0 Å². The van der Waals surface area contributed by atoms with Crippen molar-refractivity contribution in [2.45, 2.75) is 407 Å². The molecule has 0 aromatic carbocycles. The van der Waals surface area contributed by atoms with E-state index >= 15 is 0 Å². The van der Waals surface area contributed by atoms with E-state index in [-0.39, 0.29) is 25.7 Å². The van der Waals surface area contributed by atoms with Crippen LogP contribution in [0.3, 0.4) is 0 Å². The first-order valence-electron chi connectivity index (χ1n) is 39.0. The molecule has 0 fully saturated rings. The summed E-state index contributed by atoms with van der Waals surface area (Å²) in [6.45, 7) is 9.58. The zero-order chi connectivity index (χ0) is 69.3. The standard InChI is InChI=1S/C75H146O17P2/c1-7-9-11-13-15-16-17-18-19-20-23-29-34-40-46-52-58-73(78)86-64-71(92-75(80)59-53-47-41-35-30-24-21-22-27-32-38-43-49-55-67(3)4)66-90-94(83,84)88-62-69(76)61-87-93(81,82)89-65-70(63-85-72(77)57-51-45-37-14-12-10-8-2)91-74(79)60-54-48-42-36-31-26-25-28-33-39-44-50-56-68(5)6/h67-71,76H,7-66H2,1-6H3,(H,81,82)(H,83,84)/t69-,70+,71+/m0/s1. The van der Waals surface area contributed by atoms with Gasteiger partial charge in [-0.2, -0.15) is 0 Å². The second-order valence-electron chi connectivity index (χ2n) is 28.0. The van der Waals surface area contributed by atoms with Crippen molar-refractivity contribution in [2.75, 3.05) is 39.6 Å². The summed E-state index contributed by atoms with van der Waals surface area (Å²) in [6.07, 6.45) is 54.2. The van der Waals surface area contributed by atoms with Gasteiger partial charge in [0, 0.05) is 25.7 Å². The van der Waals surface area contributed by atoms with Crippen molar-refractivity contribution < 1.29 is 80.2 Å². The van der Waals surface area contributed by atoms with Gasteiger partial charge < -0.3 is 33.8 Å². The Labute approximate surface area is 575 Å². The van der Waals surface area contributed by atoms with E-state index in [1.54, 1.807) is 0 Å². The molecule has 3 N–H and O–H groups in total. The SMILES string of the molecule is CCCCCCCCCCCCCCCCCCC(=O)OC[C@H](COP(=O)(O)OC[C@@H](O)COP(=O)(O)OC[C@@H](COC(=O)CCCCCCCCC)OC(=O)CCCCCCCCCCCCCCC(C)C)OC(=O)CCCCCCCCCCCCCCCC(C)C. The number of esters is 4. The normalized spacial score (nSPS) is 14.0. The zero-order valence-corrected chi connectivity index (χ0v) is 63.1. The lowest BCUT2D eigenvalue weighted by Crippen LogP contribution is -2.30. The fourth-order valence-corrected chi connectivity index (χ4v) is 13.1. The van der Waals surface area contributed by atoms with Crippen LogP contribution >= 0.6 is 15.6 Å². The smallest absolute Gasteiger partial charge is 0.462 e. The van der Waals surface area contributed by atoms with Crippen LogP contribution in [-0.2, 0) is 65.4 Å². The number of unbranched alkanes of at least 4 members (excludes halogenated alkanes) is 44. The average molecular weight is 1380 g/mol. The quantitative estimate of drug-likeness (QED) is 0.0222. The van der Waals surface area contributed by atoms with Gasteiger partial charge in [-0.1, -0.05) is 337 Å². The van der Waals surface area contributed by atoms with E-state index in [1.165, 1.54) is 193 Å². The number of ether oxygens (including phenoxy) is 4. The van der Waals surface area contributed by atoms with E-state index in [0.717, 1.165) is 115 Å². The van der Waals surface area contributed by atoms with Crippen LogP contribution < -0.4 is 0 Å². The van der Waals surface area contributed by atoms with E-state index in [2.05, 4.69) is 41.5 Å². The molecule has 0 aliphatic carbocycles. The lowest BCUT2D eigenvalue weighted by Gasteiger charge is -2.21. The summed E-state index contributed by atoms with van der Waals surface area (Å²) < 4.78 is 68.4. The molecule has 2 unspecified atom stereocenters. The van der Waals surface area contributed by atoms with Gasteiger partial charge in [0.2, 0.25) is 0 Å². The van der Waals surface area contributed by atoms with E-state index in [0.29, 0.717) is 25.7 Å². The van der Waals surface area contributed by atoms with E-state index in [4.69, 9.17) is 37.0 Å². The number of phosphoric acid groups is 2. The van der Waals surface area contributed by atoms with Crippen LogP contribution in [0, 0.1) is 11.8 Å². The second kappa shape index (κ2) is 66.9. The highest BCUT2D eigenvalue weighted by Gasteiger charge is 2.30. The van der Waals surface area contributed by atoms with Crippen molar-refractivity contribution in [3.63, 3.8) is 0 Å². The van der Waals surface area contributed by atoms with Crippen LogP contribution in [0.25, 0.3) is 0 Å². The molecule has 0 aromatic heterocycles. The van der Waals surface area contributed by atoms with Gasteiger partial charge in [-0.25, -0.2) is 9.13 Å². The molecule has 5 atom stereocenters. The van der Waals surface area contributed by atoms with Crippen molar-refractivity contribution in [2.24, 2.45) is 11.8 Å². The summed E-state index contributed by atoms with van der Waals surface area (Å²) in [7, 11) is -9.90. The molecule has 558 valence electrons. The van der Waals surface area contributed by atoms with Crippen molar-refractivity contribution >= 4 is 39.5 Å². The summed E-state index contributed by atoms with van der Waals surface area (Å²) in [4.78, 5) is 72.7. The van der Waals surface area contributed by atoms with Gasteiger partial charge in [0.05, 0.1) is 26.4 Å². The van der Waals surface area contributed by atoms with E-state index in [1.807, 2.05) is 0 Å². The highest BCUT2D eigenvalue weighted by molar-refractivity contribution is 7.47. The molecule has 0 rings (SSSR count). The lowest BCUT2D eigenvalue weighted by molar-refractivity contribution is -0.161. The molecule has 0 aromatic rings. The van der Waals surface area contributed by atoms with Crippen LogP contribution in [0.1, 0.15) is 388 Å². The third-order valence-corrected chi connectivity index (χ3v) is 19.4. The monoisotopic (exact) mass is 1380 g/mol. The molecule has 0 amide bonds. The predicted molar refractivity (Wildman–Crippen MR) is 381 cm³/mol. The third kappa shape index (κ3) is 68.6. The summed E-state index contributed by atoms with van der Waals surface area (Å²) in [6, 6.07) is 0. The molecule has 94 heavy (non-hydrogen) atoms. The molecular formula is C75H146O17P2. The maximum absolute atomic E-state index is 13.1. The highest BCUT2D eigenvalue weighted by atomic mass is 31.2. The van der Waals surface area contributed by atoms with Gasteiger partial charge in [0.15, 0.2) is 12.2 Å². The predicted octanol–water partition coefficient (Wildman–Crippen LogP) is 21.9. The first-order valence-corrected chi connectivity index (χ1v) is 42.0. The number of carbonyl (C=O) groups is 4. The first kappa shape index (κ1) is 92.1. The largest absolute Gasteiger partial charge is 0.472 e. The molecule has 0 bridgehead atoms. The summed E-state index contributed by atoms with van der Waals surface area (Å²) in [5.74, 6) is -0.556. The Morgan fingerprint density at radius 3 is 0.723 bits per heavy atom. The molecule has 19 heteroatoms. The van der Waals surface area contributed by atoms with Crippen LogP contribution in [0.5, 0.6) is 0 Å². The molecule has 0 aliphatic heterocycles. The number of hydrogen-bond donors (Lipinski definition) is 3. The molecule has 0 spiro atoms. The highest BCUT2D eigenvalue weighted by Crippen LogP contribution is 2.45. The minimum atomic E-state index is -4.96. The molecule has 0 saturated carbocycles. The van der Waals surface area contributed by atoms with Gasteiger partial charge >= 0.3 is 39.5 Å². The Morgan fingerprint density at radius 1 is 0.287 bits per heavy atom. The molecule has 0 radical (unpaired) electrons. The van der Waals surface area contributed by atoms with Gasteiger partial charge in [0.25, 0.3) is 0 Å². The van der Waals surface area contributed by atoms with Crippen LogP contribution in [0.2, 0.25) is 0 Å². The van der Waals surface area contributed by atoms with Gasteiger partial charge in [0.1, 0.15) is 19.3 Å². The van der Waals surface area contributed by atoms with Gasteiger partial charge in [-0.3, -0.25) is 37.3 Å². The number of rotatable bonds is 74. The Kier molecular flexibility index (Phi) is 65.5. The Balaban J connectivity index is 5.20. The van der Waals surface area contributed by atoms with Crippen molar-refractivity contribution in [1.29, 1.82) is 0 Å². The average Bonchev–Trinajstić information content (AvgIpc) is 1.14. The minimum Gasteiger partial charge on any atom is -0.462 e. The first-order chi connectivity index (χ1) is 45.4. The van der Waals surface area contributed by atoms with Crippen LogP contribution in [0.15, 0.2) is 0 Å². The molecule has 0 heterocycles. The Bertz CT molecular complexity index is 1820. The third-order valence-electron chi connectivity index (χ3n) is 17.5. The number of phosphoric ester groups is 2. The topological polar surface area (TPSA) is 237 Å². The molecule has 0 aliphatic rings. The van der Waals surface area contributed by atoms with Gasteiger partial charge in [-0.15, -0.1) is 0 Å². The maximum atomic E-state index is 13.1. The molecule has 17 nitrogen and oxygen atoms in total. The van der Waals surface area contributed by atoms with E-state index in [9.17, 15) is 43.2 Å². The minimum absolute atomic E-state index is 0.107. The van der Waals surface area contributed by atoms with Crippen LogP contribution in [-0.4, -0.2) is 96.7 Å². The number of carbonyl (C=O) groups excluding carboxylic acids is 4. The Hall–Kier alpha value is -1.94. The van der Waals surface area contributed by atoms with E-state index < -0.39 is 97.5 Å². The van der Waals surface area contributed by atoms with Crippen molar-refractivity contribution in [3.8, 4) is 0 Å². The fourth-order valence-electron chi connectivity index (χ4n) is 11.5. The number of aliphatic hydroxyl groups is 1. The maximum Gasteiger partial charge on any atom is 0.472 e. The Morgan fingerprint density at radius 2 is 0.489 bits per heavy atom. The summed E-state index contributed by atoms with van der Waals surface area (Å²) >= 11 is 0. The zero-order valence-electron chi connectivity index (χ0n) is 61.3. The fraction of sp³-hybridized carbons (Fsp3) is 0.947. The summed E-state index contributed by atoms with van der Waals surface area (Å²) in [5, 5.41) is 10.6. The molecule has 0 saturated heterocycles. The van der Waals surface area contributed by atoms with Gasteiger partial charge in [-0.05, 0) is 37.5 Å². The second-order valence-corrected chi connectivity index (χ2v) is 30.9.